The Hall–Kier alpha value is -0.930. The smallest absolute Gasteiger partial charge is 0.0497 e. The molecule has 2 rings (SSSR count). The second-order valence-electron chi connectivity index (χ2n) is 5.97. The molecule has 0 saturated carbocycles. The quantitative estimate of drug-likeness (QED) is 0.906. The number of hydrogen-bond donors (Lipinski definition) is 1. The van der Waals surface area contributed by atoms with Crippen molar-refractivity contribution in [3.63, 3.8) is 0 Å². The maximum Gasteiger partial charge on any atom is 0.0497 e. The Labute approximate surface area is 117 Å². The van der Waals surface area contributed by atoms with Crippen molar-refractivity contribution in [2.45, 2.75) is 58.0 Å². The fraction of sp³-hybridized carbons (Fsp3) is 0.688. The Bertz CT molecular complexity index is 412. The predicted molar refractivity (Wildman–Crippen MR) is 80.0 cm³/mol. The van der Waals surface area contributed by atoms with E-state index in [4.69, 9.17) is 5.73 Å². The lowest BCUT2D eigenvalue weighted by atomic mass is 9.81. The highest BCUT2D eigenvalue weighted by Crippen LogP contribution is 2.35. The zero-order valence-corrected chi connectivity index (χ0v) is 12.5. The lowest BCUT2D eigenvalue weighted by Gasteiger charge is -2.47. The first-order chi connectivity index (χ1) is 9.09. The molecule has 0 spiro atoms. The average molecular weight is 261 g/mol. The highest BCUT2D eigenvalue weighted by atomic mass is 15.2. The number of piperidine rings is 1. The van der Waals surface area contributed by atoms with E-state index >= 15 is 0 Å². The summed E-state index contributed by atoms with van der Waals surface area (Å²) in [5, 5.41) is 0. The van der Waals surface area contributed by atoms with Gasteiger partial charge in [0.25, 0.3) is 0 Å². The maximum atomic E-state index is 6.63. The van der Waals surface area contributed by atoms with E-state index in [9.17, 15) is 0 Å². The van der Waals surface area contributed by atoms with Gasteiger partial charge in [0.2, 0.25) is 0 Å². The first-order valence-corrected chi connectivity index (χ1v) is 7.50. The van der Waals surface area contributed by atoms with Gasteiger partial charge in [0, 0.05) is 24.0 Å². The van der Waals surface area contributed by atoms with Crippen molar-refractivity contribution in [1.82, 2.24) is 9.88 Å². The number of pyridine rings is 1. The standard InChI is InChI=1S/C16H27N3/c1-4-16(3,19-10-6-5-7-11-19)15(17)14-12-18-9-8-13(14)2/h8-9,12,15H,4-7,10-11,17H2,1-3H3. The number of hydrogen-bond acceptors (Lipinski definition) is 3. The van der Waals surface area contributed by atoms with Crippen LogP contribution in [-0.2, 0) is 0 Å². The summed E-state index contributed by atoms with van der Waals surface area (Å²) in [6, 6.07) is 2.09. The molecule has 1 aliphatic rings. The molecule has 2 heterocycles. The molecule has 2 atom stereocenters. The highest BCUT2D eigenvalue weighted by Gasteiger charge is 2.38. The van der Waals surface area contributed by atoms with Crippen molar-refractivity contribution in [2.75, 3.05) is 13.1 Å². The van der Waals surface area contributed by atoms with Crippen molar-refractivity contribution in [2.24, 2.45) is 5.73 Å². The minimum Gasteiger partial charge on any atom is -0.322 e. The van der Waals surface area contributed by atoms with Crippen LogP contribution in [0.5, 0.6) is 0 Å². The fourth-order valence-electron chi connectivity index (χ4n) is 3.18. The van der Waals surface area contributed by atoms with E-state index in [0.717, 1.165) is 6.42 Å². The molecule has 0 aromatic carbocycles. The second-order valence-corrected chi connectivity index (χ2v) is 5.97. The Balaban J connectivity index is 2.27. The topological polar surface area (TPSA) is 42.1 Å². The molecule has 106 valence electrons. The van der Waals surface area contributed by atoms with Gasteiger partial charge in [0.15, 0.2) is 0 Å². The molecule has 1 aromatic heterocycles. The number of aromatic nitrogens is 1. The first-order valence-electron chi connectivity index (χ1n) is 7.50. The first kappa shape index (κ1) is 14.5. The van der Waals surface area contributed by atoms with Crippen molar-refractivity contribution in [3.05, 3.63) is 29.6 Å². The Kier molecular flexibility index (Phi) is 4.58. The summed E-state index contributed by atoms with van der Waals surface area (Å²) in [4.78, 5) is 6.85. The Morgan fingerprint density at radius 3 is 2.63 bits per heavy atom. The van der Waals surface area contributed by atoms with Gasteiger partial charge in [0.05, 0.1) is 0 Å². The van der Waals surface area contributed by atoms with E-state index in [1.165, 1.54) is 43.5 Å². The second kappa shape index (κ2) is 6.02. The fourth-order valence-corrected chi connectivity index (χ4v) is 3.18. The van der Waals surface area contributed by atoms with Crippen LogP contribution >= 0.6 is 0 Å². The third-order valence-electron chi connectivity index (χ3n) is 4.88. The monoisotopic (exact) mass is 261 g/mol. The molecule has 1 fully saturated rings. The molecular weight excluding hydrogens is 234 g/mol. The summed E-state index contributed by atoms with van der Waals surface area (Å²) in [7, 11) is 0. The van der Waals surface area contributed by atoms with Crippen LogP contribution in [0.1, 0.15) is 56.7 Å². The zero-order valence-electron chi connectivity index (χ0n) is 12.5. The van der Waals surface area contributed by atoms with E-state index in [-0.39, 0.29) is 11.6 Å². The van der Waals surface area contributed by atoms with Crippen LogP contribution in [0.4, 0.5) is 0 Å². The van der Waals surface area contributed by atoms with Crippen LogP contribution in [0.3, 0.4) is 0 Å². The number of aryl methyl sites for hydroxylation is 1. The molecule has 0 radical (unpaired) electrons. The van der Waals surface area contributed by atoms with E-state index in [2.05, 4.69) is 36.7 Å². The molecule has 19 heavy (non-hydrogen) atoms. The molecule has 2 N–H and O–H groups in total. The number of rotatable bonds is 4. The van der Waals surface area contributed by atoms with E-state index in [1.807, 2.05) is 12.4 Å². The Morgan fingerprint density at radius 2 is 2.05 bits per heavy atom. The van der Waals surface area contributed by atoms with Gasteiger partial charge in [-0.15, -0.1) is 0 Å². The minimum atomic E-state index is 0.0318. The van der Waals surface area contributed by atoms with Crippen LogP contribution in [0, 0.1) is 6.92 Å². The summed E-state index contributed by atoms with van der Waals surface area (Å²) in [5.41, 5.74) is 9.11. The lowest BCUT2D eigenvalue weighted by molar-refractivity contribution is 0.0540. The van der Waals surface area contributed by atoms with Gasteiger partial charge in [-0.3, -0.25) is 9.88 Å². The molecule has 3 nitrogen and oxygen atoms in total. The molecule has 1 saturated heterocycles. The summed E-state index contributed by atoms with van der Waals surface area (Å²) in [6.07, 6.45) is 8.82. The normalized spacial score (nSPS) is 21.9. The van der Waals surface area contributed by atoms with Gasteiger partial charge in [-0.05, 0) is 63.4 Å². The summed E-state index contributed by atoms with van der Waals surface area (Å²) >= 11 is 0. The van der Waals surface area contributed by atoms with Crippen molar-refractivity contribution in [1.29, 1.82) is 0 Å². The zero-order chi connectivity index (χ0) is 13.9. The highest BCUT2D eigenvalue weighted by molar-refractivity contribution is 5.28. The number of nitrogens with zero attached hydrogens (tertiary/aromatic N) is 2. The third kappa shape index (κ3) is 2.82. The van der Waals surface area contributed by atoms with Gasteiger partial charge < -0.3 is 5.73 Å². The lowest BCUT2D eigenvalue weighted by Crippen LogP contribution is -2.54. The molecule has 2 unspecified atom stereocenters. The minimum absolute atomic E-state index is 0.0318. The van der Waals surface area contributed by atoms with Gasteiger partial charge in [-0.1, -0.05) is 13.3 Å². The van der Waals surface area contributed by atoms with E-state index in [0.29, 0.717) is 0 Å². The SMILES string of the molecule is CCC(C)(C(N)c1cnccc1C)N1CCCCC1. The van der Waals surface area contributed by atoms with E-state index < -0.39 is 0 Å². The average Bonchev–Trinajstić information content (AvgIpc) is 2.47. The number of nitrogens with two attached hydrogens (primary N) is 1. The Morgan fingerprint density at radius 1 is 1.37 bits per heavy atom. The molecule has 1 aromatic rings. The van der Waals surface area contributed by atoms with Crippen LogP contribution < -0.4 is 5.73 Å². The summed E-state index contributed by atoms with van der Waals surface area (Å²) in [5.74, 6) is 0. The van der Waals surface area contributed by atoms with Crippen molar-refractivity contribution in [3.8, 4) is 0 Å². The van der Waals surface area contributed by atoms with Crippen molar-refractivity contribution >= 4 is 0 Å². The van der Waals surface area contributed by atoms with Gasteiger partial charge in [-0.25, -0.2) is 0 Å². The van der Waals surface area contributed by atoms with Gasteiger partial charge in [-0.2, -0.15) is 0 Å². The molecule has 0 amide bonds. The molecule has 1 aliphatic heterocycles. The maximum absolute atomic E-state index is 6.63. The summed E-state index contributed by atoms with van der Waals surface area (Å²) < 4.78 is 0. The van der Waals surface area contributed by atoms with Crippen LogP contribution in [0.2, 0.25) is 0 Å². The van der Waals surface area contributed by atoms with Crippen LogP contribution in [0.15, 0.2) is 18.5 Å². The molecule has 3 heteroatoms. The molecule has 0 aliphatic carbocycles. The summed E-state index contributed by atoms with van der Waals surface area (Å²) in [6.45, 7) is 9.05. The van der Waals surface area contributed by atoms with Gasteiger partial charge in [0.1, 0.15) is 0 Å². The van der Waals surface area contributed by atoms with E-state index in [1.54, 1.807) is 0 Å². The number of likely N-dealkylation sites (tertiary alicyclic amines) is 1. The van der Waals surface area contributed by atoms with Crippen LogP contribution in [-0.4, -0.2) is 28.5 Å². The van der Waals surface area contributed by atoms with Crippen molar-refractivity contribution < 1.29 is 0 Å². The van der Waals surface area contributed by atoms with Gasteiger partial charge >= 0.3 is 0 Å². The largest absolute Gasteiger partial charge is 0.322 e. The molecular formula is C16H27N3. The predicted octanol–water partition coefficient (Wildman–Crippen LogP) is 3.04. The van der Waals surface area contributed by atoms with Crippen LogP contribution in [0.25, 0.3) is 0 Å². The third-order valence-corrected chi connectivity index (χ3v) is 4.88. The molecule has 0 bridgehead atoms.